The summed E-state index contributed by atoms with van der Waals surface area (Å²) in [5.74, 6) is 0.405. The van der Waals surface area contributed by atoms with Gasteiger partial charge in [0.2, 0.25) is 5.91 Å². The van der Waals surface area contributed by atoms with E-state index in [0.717, 1.165) is 16.8 Å². The third kappa shape index (κ3) is 5.78. The molecule has 0 fully saturated rings. The Bertz CT molecular complexity index is 963. The highest BCUT2D eigenvalue weighted by molar-refractivity contribution is 5.93. The highest BCUT2D eigenvalue weighted by Gasteiger charge is 2.23. The van der Waals surface area contributed by atoms with E-state index in [0.29, 0.717) is 36.6 Å². The maximum Gasteiger partial charge on any atom is 0.270 e. The van der Waals surface area contributed by atoms with Crippen molar-refractivity contribution in [2.75, 3.05) is 38.9 Å². The SMILES string of the molecule is COCCN(CC(=O)Nc1cccc(C)c1C)Cc1cc([N+](=O)[O-])cc2c1OCOC2. The second-order valence-electron chi connectivity index (χ2n) is 7.46. The van der Waals surface area contributed by atoms with Crippen molar-refractivity contribution in [1.82, 2.24) is 4.90 Å². The minimum atomic E-state index is -0.439. The Morgan fingerprint density at radius 1 is 1.32 bits per heavy atom. The van der Waals surface area contributed by atoms with Crippen molar-refractivity contribution in [3.8, 4) is 5.75 Å². The zero-order valence-electron chi connectivity index (χ0n) is 18.0. The Morgan fingerprint density at radius 2 is 2.13 bits per heavy atom. The van der Waals surface area contributed by atoms with E-state index in [1.54, 1.807) is 7.11 Å². The van der Waals surface area contributed by atoms with E-state index in [1.807, 2.05) is 36.9 Å². The smallest absolute Gasteiger partial charge is 0.270 e. The minimum Gasteiger partial charge on any atom is -0.467 e. The molecule has 0 saturated carbocycles. The first kappa shape index (κ1) is 22.7. The van der Waals surface area contributed by atoms with Crippen LogP contribution in [0.4, 0.5) is 11.4 Å². The zero-order valence-corrected chi connectivity index (χ0v) is 18.0. The molecule has 166 valence electrons. The minimum absolute atomic E-state index is 0.0330. The van der Waals surface area contributed by atoms with Gasteiger partial charge in [-0.15, -0.1) is 0 Å². The van der Waals surface area contributed by atoms with Gasteiger partial charge in [0.1, 0.15) is 5.75 Å². The molecular weight excluding hydrogens is 402 g/mol. The van der Waals surface area contributed by atoms with E-state index in [9.17, 15) is 14.9 Å². The van der Waals surface area contributed by atoms with Crippen molar-refractivity contribution in [3.63, 3.8) is 0 Å². The summed E-state index contributed by atoms with van der Waals surface area (Å²) < 4.78 is 16.1. The average Bonchev–Trinajstić information content (AvgIpc) is 2.75. The molecular formula is C22H27N3O6. The highest BCUT2D eigenvalue weighted by atomic mass is 16.7. The predicted molar refractivity (Wildman–Crippen MR) is 115 cm³/mol. The Balaban J connectivity index is 1.80. The number of anilines is 1. The van der Waals surface area contributed by atoms with Gasteiger partial charge in [0, 0.05) is 49.1 Å². The molecule has 1 N–H and O–H groups in total. The molecule has 3 rings (SSSR count). The lowest BCUT2D eigenvalue weighted by atomic mass is 10.1. The first-order chi connectivity index (χ1) is 14.9. The van der Waals surface area contributed by atoms with Crippen LogP contribution in [-0.2, 0) is 27.4 Å². The van der Waals surface area contributed by atoms with Crippen molar-refractivity contribution in [3.05, 3.63) is 62.7 Å². The fraction of sp³-hybridized carbons (Fsp3) is 0.409. The largest absolute Gasteiger partial charge is 0.467 e. The van der Waals surface area contributed by atoms with Gasteiger partial charge in [-0.2, -0.15) is 0 Å². The van der Waals surface area contributed by atoms with Gasteiger partial charge >= 0.3 is 0 Å². The molecule has 0 saturated heterocycles. The number of nitrogens with one attached hydrogen (secondary N) is 1. The summed E-state index contributed by atoms with van der Waals surface area (Å²) in [6, 6.07) is 8.71. The molecule has 1 heterocycles. The molecule has 9 nitrogen and oxygen atoms in total. The van der Waals surface area contributed by atoms with Gasteiger partial charge in [-0.05, 0) is 31.0 Å². The molecule has 1 aliphatic rings. The van der Waals surface area contributed by atoms with Gasteiger partial charge in [-0.25, -0.2) is 0 Å². The van der Waals surface area contributed by atoms with Crippen molar-refractivity contribution in [2.45, 2.75) is 27.0 Å². The van der Waals surface area contributed by atoms with Gasteiger partial charge in [0.25, 0.3) is 5.69 Å². The number of amides is 1. The molecule has 1 aliphatic heterocycles. The summed E-state index contributed by atoms with van der Waals surface area (Å²) >= 11 is 0. The Morgan fingerprint density at radius 3 is 2.87 bits per heavy atom. The molecule has 1 amide bonds. The standard InChI is InChI=1S/C22H27N3O6/c1-15-5-4-6-20(16(15)2)23-21(26)12-24(7-8-29-3)11-17-9-19(25(27)28)10-18-13-30-14-31-22(17)18/h4-6,9-10H,7-8,11-14H2,1-3H3,(H,23,26). The van der Waals surface area contributed by atoms with Crippen LogP contribution in [0.2, 0.25) is 0 Å². The van der Waals surface area contributed by atoms with Crippen LogP contribution in [0.1, 0.15) is 22.3 Å². The number of nitro groups is 1. The number of carbonyl (C=O) groups is 1. The summed E-state index contributed by atoms with van der Waals surface area (Å²) in [6.07, 6.45) is 0. The monoisotopic (exact) mass is 429 g/mol. The number of hydrogen-bond acceptors (Lipinski definition) is 7. The van der Waals surface area contributed by atoms with Crippen LogP contribution >= 0.6 is 0 Å². The molecule has 2 aromatic rings. The first-order valence-electron chi connectivity index (χ1n) is 9.97. The van der Waals surface area contributed by atoms with Crippen LogP contribution in [0.5, 0.6) is 5.75 Å². The van der Waals surface area contributed by atoms with Crippen molar-refractivity contribution in [2.24, 2.45) is 0 Å². The number of nitro benzene ring substituents is 1. The summed E-state index contributed by atoms with van der Waals surface area (Å²) in [5, 5.41) is 14.3. The summed E-state index contributed by atoms with van der Waals surface area (Å²) in [7, 11) is 1.59. The zero-order chi connectivity index (χ0) is 22.4. The number of fused-ring (bicyclic) bond motifs is 1. The Kier molecular flexibility index (Phi) is 7.56. The number of benzene rings is 2. The first-order valence-corrected chi connectivity index (χ1v) is 9.97. The maximum absolute atomic E-state index is 12.8. The van der Waals surface area contributed by atoms with Crippen molar-refractivity contribution in [1.29, 1.82) is 0 Å². The lowest BCUT2D eigenvalue weighted by Gasteiger charge is -2.25. The third-order valence-corrected chi connectivity index (χ3v) is 5.23. The Hall–Kier alpha value is -3.01. The van der Waals surface area contributed by atoms with E-state index in [4.69, 9.17) is 14.2 Å². The van der Waals surface area contributed by atoms with E-state index < -0.39 is 4.92 Å². The normalized spacial score (nSPS) is 12.9. The predicted octanol–water partition coefficient (Wildman–Crippen LogP) is 3.17. The summed E-state index contributed by atoms with van der Waals surface area (Å²) in [4.78, 5) is 25.6. The van der Waals surface area contributed by atoms with Crippen LogP contribution in [0.15, 0.2) is 30.3 Å². The van der Waals surface area contributed by atoms with E-state index in [-0.39, 0.29) is 31.5 Å². The number of aryl methyl sites for hydroxylation is 1. The fourth-order valence-electron chi connectivity index (χ4n) is 3.46. The third-order valence-electron chi connectivity index (χ3n) is 5.23. The Labute approximate surface area is 181 Å². The van der Waals surface area contributed by atoms with Crippen LogP contribution in [-0.4, -0.2) is 49.3 Å². The van der Waals surface area contributed by atoms with Gasteiger partial charge < -0.3 is 19.5 Å². The quantitative estimate of drug-likeness (QED) is 0.482. The molecule has 0 aromatic heterocycles. The van der Waals surface area contributed by atoms with Crippen LogP contribution in [0, 0.1) is 24.0 Å². The van der Waals surface area contributed by atoms with Gasteiger partial charge in [0.05, 0.1) is 24.7 Å². The number of non-ortho nitro benzene ring substituents is 1. The number of hydrogen-bond donors (Lipinski definition) is 1. The number of nitrogens with zero attached hydrogens (tertiary/aromatic N) is 2. The number of carbonyl (C=O) groups excluding carboxylic acids is 1. The number of rotatable bonds is 9. The average molecular weight is 429 g/mol. The second-order valence-corrected chi connectivity index (χ2v) is 7.46. The molecule has 0 atom stereocenters. The van der Waals surface area contributed by atoms with Crippen LogP contribution < -0.4 is 10.1 Å². The molecule has 9 heteroatoms. The van der Waals surface area contributed by atoms with Crippen molar-refractivity contribution < 1.29 is 23.9 Å². The number of methoxy groups -OCH3 is 1. The van der Waals surface area contributed by atoms with Gasteiger partial charge in [-0.3, -0.25) is 19.8 Å². The van der Waals surface area contributed by atoms with Crippen molar-refractivity contribution >= 4 is 17.3 Å². The van der Waals surface area contributed by atoms with Gasteiger partial charge in [0.15, 0.2) is 6.79 Å². The molecule has 31 heavy (non-hydrogen) atoms. The fourth-order valence-corrected chi connectivity index (χ4v) is 3.46. The van der Waals surface area contributed by atoms with Crippen LogP contribution in [0.3, 0.4) is 0 Å². The lowest BCUT2D eigenvalue weighted by molar-refractivity contribution is -0.385. The lowest BCUT2D eigenvalue weighted by Crippen LogP contribution is -2.35. The molecule has 0 bridgehead atoms. The highest BCUT2D eigenvalue weighted by Crippen LogP contribution is 2.33. The molecule has 0 radical (unpaired) electrons. The van der Waals surface area contributed by atoms with Gasteiger partial charge in [-0.1, -0.05) is 12.1 Å². The molecule has 2 aromatic carbocycles. The van der Waals surface area contributed by atoms with E-state index in [2.05, 4.69) is 5.32 Å². The molecule has 0 spiro atoms. The summed E-state index contributed by atoms with van der Waals surface area (Å²) in [6.45, 7) is 5.58. The topological polar surface area (TPSA) is 103 Å². The van der Waals surface area contributed by atoms with E-state index >= 15 is 0 Å². The summed E-state index contributed by atoms with van der Waals surface area (Å²) in [5.41, 5.74) is 4.11. The van der Waals surface area contributed by atoms with Crippen LogP contribution in [0.25, 0.3) is 0 Å². The maximum atomic E-state index is 12.8. The number of ether oxygens (including phenoxy) is 3. The van der Waals surface area contributed by atoms with E-state index in [1.165, 1.54) is 12.1 Å². The molecule has 0 unspecified atom stereocenters. The molecule has 0 aliphatic carbocycles. The second kappa shape index (κ2) is 10.3.